The maximum Gasteiger partial charge on any atom is 0.231 e. The van der Waals surface area contributed by atoms with Gasteiger partial charge >= 0.3 is 0 Å². The number of nitrogens with one attached hydrogen (secondary N) is 1. The van der Waals surface area contributed by atoms with Crippen LogP contribution in [0.4, 0.5) is 10.1 Å². The zero-order valence-electron chi connectivity index (χ0n) is 9.58. The molecule has 0 aromatic heterocycles. The third kappa shape index (κ3) is 4.27. The largest absolute Gasteiger partial charge is 0.345 e. The second-order valence-electron chi connectivity index (χ2n) is 3.61. The summed E-state index contributed by atoms with van der Waals surface area (Å²) in [6.07, 6.45) is 2.33. The van der Waals surface area contributed by atoms with Crippen molar-refractivity contribution < 1.29 is 4.39 Å². The first-order valence-electron chi connectivity index (χ1n) is 5.51. The summed E-state index contributed by atoms with van der Waals surface area (Å²) in [7, 11) is 0. The van der Waals surface area contributed by atoms with Crippen molar-refractivity contribution in [1.82, 2.24) is 0 Å². The summed E-state index contributed by atoms with van der Waals surface area (Å²) in [6.45, 7) is 5.64. The van der Waals surface area contributed by atoms with Gasteiger partial charge in [0.1, 0.15) is 0 Å². The second-order valence-corrected chi connectivity index (χ2v) is 4.82. The average Bonchev–Trinajstić information content (AvgIpc) is 2.28. The lowest BCUT2D eigenvalue weighted by Gasteiger charge is -2.25. The summed E-state index contributed by atoms with van der Waals surface area (Å²) in [5.41, 5.74) is 0.801. The van der Waals surface area contributed by atoms with Crippen molar-refractivity contribution in [3.05, 3.63) is 42.3 Å². The van der Waals surface area contributed by atoms with Gasteiger partial charge in [-0.3, -0.25) is 0 Å². The predicted molar refractivity (Wildman–Crippen MR) is 71.2 cm³/mol. The summed E-state index contributed by atoms with van der Waals surface area (Å²) in [5.74, 6) is 0. The molecular formula is C13H18FNS. The van der Waals surface area contributed by atoms with E-state index in [2.05, 4.69) is 18.8 Å². The van der Waals surface area contributed by atoms with Crippen molar-refractivity contribution in [3.8, 4) is 0 Å². The van der Waals surface area contributed by atoms with Gasteiger partial charge in [-0.15, -0.1) is 0 Å². The number of hydrogen-bond acceptors (Lipinski definition) is 2. The van der Waals surface area contributed by atoms with Crippen LogP contribution in [0.15, 0.2) is 42.3 Å². The molecule has 16 heavy (non-hydrogen) atoms. The van der Waals surface area contributed by atoms with E-state index in [1.54, 1.807) is 5.41 Å². The van der Waals surface area contributed by atoms with Gasteiger partial charge in [-0.25, -0.2) is 4.39 Å². The van der Waals surface area contributed by atoms with Crippen molar-refractivity contribution in [3.63, 3.8) is 0 Å². The number of rotatable bonds is 7. The van der Waals surface area contributed by atoms with E-state index in [0.29, 0.717) is 6.42 Å². The fourth-order valence-electron chi connectivity index (χ4n) is 1.42. The van der Waals surface area contributed by atoms with Crippen LogP contribution in [0.25, 0.3) is 0 Å². The van der Waals surface area contributed by atoms with Crippen LogP contribution in [0.2, 0.25) is 0 Å². The third-order valence-corrected chi connectivity index (χ3v) is 3.07. The van der Waals surface area contributed by atoms with Crippen LogP contribution in [-0.2, 0) is 0 Å². The Hall–Kier alpha value is -0.960. The van der Waals surface area contributed by atoms with Gasteiger partial charge in [0.2, 0.25) is 5.12 Å². The van der Waals surface area contributed by atoms with Crippen molar-refractivity contribution in [2.75, 3.05) is 5.32 Å². The number of benzene rings is 1. The van der Waals surface area contributed by atoms with Crippen LogP contribution in [0.3, 0.4) is 0 Å². The Bertz CT molecular complexity index is 315. The first-order valence-corrected chi connectivity index (χ1v) is 6.39. The highest BCUT2D eigenvalue weighted by Gasteiger charge is 2.28. The van der Waals surface area contributed by atoms with E-state index in [-0.39, 0.29) is 0 Å². The molecule has 3 heteroatoms. The summed E-state index contributed by atoms with van der Waals surface area (Å²) in [6, 6.07) is 9.42. The minimum absolute atomic E-state index is 0.481. The SMILES string of the molecule is C=CSC(F)(CCCC)Nc1ccccc1. The Kier molecular flexibility index (Phi) is 5.39. The molecule has 0 heterocycles. The van der Waals surface area contributed by atoms with E-state index in [4.69, 9.17) is 0 Å². The molecule has 1 rings (SSSR count). The normalized spacial score (nSPS) is 14.1. The van der Waals surface area contributed by atoms with Gasteiger partial charge in [-0.05, 0) is 24.0 Å². The molecule has 0 aliphatic carbocycles. The van der Waals surface area contributed by atoms with Crippen LogP contribution in [-0.4, -0.2) is 5.12 Å². The molecule has 0 aliphatic rings. The third-order valence-electron chi connectivity index (χ3n) is 2.23. The summed E-state index contributed by atoms with van der Waals surface area (Å²) in [4.78, 5) is 0. The highest BCUT2D eigenvalue weighted by Crippen LogP contribution is 2.34. The van der Waals surface area contributed by atoms with E-state index in [1.807, 2.05) is 30.3 Å². The van der Waals surface area contributed by atoms with Gasteiger partial charge in [0, 0.05) is 12.1 Å². The van der Waals surface area contributed by atoms with Crippen LogP contribution in [0.1, 0.15) is 26.2 Å². The highest BCUT2D eigenvalue weighted by atomic mass is 32.2. The average molecular weight is 239 g/mol. The number of halogens is 1. The monoisotopic (exact) mass is 239 g/mol. The molecule has 1 nitrogen and oxygen atoms in total. The zero-order valence-corrected chi connectivity index (χ0v) is 10.4. The number of unbranched alkanes of at least 4 members (excludes halogenated alkanes) is 1. The van der Waals surface area contributed by atoms with Crippen molar-refractivity contribution in [2.24, 2.45) is 0 Å². The number of alkyl halides is 1. The molecule has 0 radical (unpaired) electrons. The number of hydrogen-bond donors (Lipinski definition) is 1. The fourth-order valence-corrected chi connectivity index (χ4v) is 2.13. The summed E-state index contributed by atoms with van der Waals surface area (Å²) < 4.78 is 14.4. The standard InChI is InChI=1S/C13H18FNS/c1-3-5-11-13(14,16-4-2)15-12-9-7-6-8-10-12/h4,6-10,15H,2-3,5,11H2,1H3. The zero-order chi connectivity index (χ0) is 11.9. The maximum atomic E-state index is 14.4. The van der Waals surface area contributed by atoms with E-state index >= 15 is 0 Å². The molecule has 0 fully saturated rings. The minimum atomic E-state index is -1.45. The lowest BCUT2D eigenvalue weighted by molar-refractivity contribution is 0.302. The molecular weight excluding hydrogens is 221 g/mol. The Labute approximate surface area is 101 Å². The molecule has 0 spiro atoms. The molecule has 1 aromatic rings. The van der Waals surface area contributed by atoms with Gasteiger partial charge in [0.25, 0.3) is 0 Å². The van der Waals surface area contributed by atoms with Crippen LogP contribution >= 0.6 is 11.8 Å². The number of anilines is 1. The Morgan fingerprint density at radius 1 is 1.44 bits per heavy atom. The minimum Gasteiger partial charge on any atom is -0.345 e. The van der Waals surface area contributed by atoms with Crippen molar-refractivity contribution in [1.29, 1.82) is 0 Å². The fraction of sp³-hybridized carbons (Fsp3) is 0.385. The second kappa shape index (κ2) is 6.59. The highest BCUT2D eigenvalue weighted by molar-refractivity contribution is 8.03. The van der Waals surface area contributed by atoms with E-state index < -0.39 is 5.12 Å². The molecule has 1 unspecified atom stereocenters. The van der Waals surface area contributed by atoms with Crippen LogP contribution < -0.4 is 5.32 Å². The van der Waals surface area contributed by atoms with Crippen molar-refractivity contribution in [2.45, 2.75) is 31.3 Å². The summed E-state index contributed by atoms with van der Waals surface area (Å²) in [5, 5.41) is 3.02. The first-order chi connectivity index (χ1) is 7.70. The van der Waals surface area contributed by atoms with Gasteiger partial charge in [-0.1, -0.05) is 49.9 Å². The number of para-hydroxylation sites is 1. The molecule has 88 valence electrons. The lowest BCUT2D eigenvalue weighted by Crippen LogP contribution is -2.28. The quantitative estimate of drug-likeness (QED) is 0.542. The molecule has 0 saturated carbocycles. The van der Waals surface area contributed by atoms with Gasteiger partial charge in [0.05, 0.1) is 0 Å². The molecule has 0 aliphatic heterocycles. The molecule has 1 aromatic carbocycles. The van der Waals surface area contributed by atoms with E-state index in [1.165, 1.54) is 0 Å². The number of thioether (sulfide) groups is 1. The Morgan fingerprint density at radius 3 is 2.69 bits per heavy atom. The van der Waals surface area contributed by atoms with Crippen molar-refractivity contribution >= 4 is 17.4 Å². The van der Waals surface area contributed by atoms with Gasteiger partial charge < -0.3 is 5.32 Å². The molecule has 1 N–H and O–H groups in total. The maximum absolute atomic E-state index is 14.4. The van der Waals surface area contributed by atoms with Crippen LogP contribution in [0.5, 0.6) is 0 Å². The first kappa shape index (κ1) is 13.1. The van der Waals surface area contributed by atoms with Crippen LogP contribution in [0, 0.1) is 0 Å². The smallest absolute Gasteiger partial charge is 0.231 e. The van der Waals surface area contributed by atoms with Gasteiger partial charge in [0.15, 0.2) is 0 Å². The van der Waals surface area contributed by atoms with E-state index in [9.17, 15) is 4.39 Å². The summed E-state index contributed by atoms with van der Waals surface area (Å²) >= 11 is 1.10. The lowest BCUT2D eigenvalue weighted by atomic mass is 10.2. The molecule has 1 atom stereocenters. The molecule has 0 amide bonds. The molecule has 0 saturated heterocycles. The Morgan fingerprint density at radius 2 is 2.12 bits per heavy atom. The topological polar surface area (TPSA) is 12.0 Å². The Balaban J connectivity index is 2.66. The predicted octanol–water partition coefficient (Wildman–Crippen LogP) is 4.79. The molecule has 0 bridgehead atoms. The van der Waals surface area contributed by atoms with Gasteiger partial charge in [-0.2, -0.15) is 0 Å². The van der Waals surface area contributed by atoms with E-state index in [0.717, 1.165) is 30.3 Å².